The molecule has 1 aromatic rings. The number of benzene rings is 1. The summed E-state index contributed by atoms with van der Waals surface area (Å²) >= 11 is 9.19. The van der Waals surface area contributed by atoms with Crippen molar-refractivity contribution in [1.29, 1.82) is 0 Å². The minimum Gasteiger partial charge on any atom is -0.316 e. The summed E-state index contributed by atoms with van der Waals surface area (Å²) in [5.41, 5.74) is 0. The Kier molecular flexibility index (Phi) is 5.25. The number of halogens is 2. The summed E-state index contributed by atoms with van der Waals surface area (Å²) in [7, 11) is -3.54. The largest absolute Gasteiger partial charge is 0.316 e. The predicted octanol–water partition coefficient (Wildman–Crippen LogP) is 2.38. The highest BCUT2D eigenvalue weighted by Crippen LogP contribution is 2.25. The molecule has 0 aliphatic carbocycles. The first-order chi connectivity index (χ1) is 8.99. The van der Waals surface area contributed by atoms with Crippen LogP contribution in [0.1, 0.15) is 12.8 Å². The topological polar surface area (TPSA) is 58.2 Å². The second-order valence-electron chi connectivity index (χ2n) is 4.62. The molecule has 1 heterocycles. The molecule has 1 fully saturated rings. The molecule has 1 aliphatic rings. The third kappa shape index (κ3) is 4.16. The maximum absolute atomic E-state index is 12.1. The molecular weight excluding hydrogens is 352 g/mol. The summed E-state index contributed by atoms with van der Waals surface area (Å²) in [6.07, 6.45) is 1.96. The second-order valence-corrected chi connectivity index (χ2v) is 7.68. The van der Waals surface area contributed by atoms with E-state index in [2.05, 4.69) is 26.0 Å². The van der Waals surface area contributed by atoms with Crippen molar-refractivity contribution in [3.8, 4) is 0 Å². The van der Waals surface area contributed by atoms with Crippen molar-refractivity contribution >= 4 is 37.6 Å². The van der Waals surface area contributed by atoms with Crippen molar-refractivity contribution in [3.05, 3.63) is 27.7 Å². The quantitative estimate of drug-likeness (QED) is 0.840. The molecule has 0 amide bonds. The van der Waals surface area contributed by atoms with E-state index in [0.29, 0.717) is 16.9 Å². The van der Waals surface area contributed by atoms with E-state index in [1.165, 1.54) is 6.07 Å². The molecule has 1 aromatic carbocycles. The van der Waals surface area contributed by atoms with E-state index in [-0.39, 0.29) is 9.92 Å². The van der Waals surface area contributed by atoms with Crippen LogP contribution in [0.2, 0.25) is 5.02 Å². The van der Waals surface area contributed by atoms with Crippen LogP contribution in [0.25, 0.3) is 0 Å². The van der Waals surface area contributed by atoms with Crippen LogP contribution in [0.5, 0.6) is 0 Å². The molecule has 4 nitrogen and oxygen atoms in total. The summed E-state index contributed by atoms with van der Waals surface area (Å²) in [4.78, 5) is 0.119. The van der Waals surface area contributed by atoms with E-state index in [1.807, 2.05) is 0 Å². The van der Waals surface area contributed by atoms with Crippen molar-refractivity contribution < 1.29 is 8.42 Å². The van der Waals surface area contributed by atoms with Gasteiger partial charge in [0.1, 0.15) is 4.90 Å². The Labute approximate surface area is 127 Å². The third-order valence-electron chi connectivity index (χ3n) is 3.19. The van der Waals surface area contributed by atoms with Gasteiger partial charge < -0.3 is 5.32 Å². The fourth-order valence-corrected chi connectivity index (χ4v) is 4.20. The molecule has 1 saturated heterocycles. The van der Waals surface area contributed by atoms with E-state index in [4.69, 9.17) is 11.6 Å². The van der Waals surface area contributed by atoms with Crippen LogP contribution in [0.4, 0.5) is 0 Å². The first-order valence-electron chi connectivity index (χ1n) is 6.14. The number of hydrogen-bond acceptors (Lipinski definition) is 3. The van der Waals surface area contributed by atoms with Crippen molar-refractivity contribution in [2.75, 3.05) is 19.6 Å². The van der Waals surface area contributed by atoms with Crippen molar-refractivity contribution in [1.82, 2.24) is 10.0 Å². The molecule has 0 aromatic heterocycles. The Bertz CT molecular complexity index is 545. The molecule has 1 aliphatic heterocycles. The zero-order chi connectivity index (χ0) is 13.9. The molecular formula is C12H16BrClN2O2S. The molecule has 1 unspecified atom stereocenters. The first kappa shape index (κ1) is 15.3. The fourth-order valence-electron chi connectivity index (χ4n) is 2.12. The minimum atomic E-state index is -3.54. The lowest BCUT2D eigenvalue weighted by Gasteiger charge is -2.11. The molecule has 0 spiro atoms. The van der Waals surface area contributed by atoms with Gasteiger partial charge in [-0.2, -0.15) is 0 Å². The van der Waals surface area contributed by atoms with Gasteiger partial charge in [-0.25, -0.2) is 13.1 Å². The number of rotatable bonds is 5. The molecule has 0 bridgehead atoms. The summed E-state index contributed by atoms with van der Waals surface area (Å²) < 4.78 is 27.6. The molecule has 2 N–H and O–H groups in total. The average Bonchev–Trinajstić information content (AvgIpc) is 2.85. The van der Waals surface area contributed by atoms with Gasteiger partial charge in [0.05, 0.1) is 5.02 Å². The average molecular weight is 368 g/mol. The Morgan fingerprint density at radius 3 is 2.95 bits per heavy atom. The van der Waals surface area contributed by atoms with Crippen LogP contribution in [0.3, 0.4) is 0 Å². The van der Waals surface area contributed by atoms with Gasteiger partial charge in [-0.15, -0.1) is 0 Å². The Morgan fingerprint density at radius 1 is 1.47 bits per heavy atom. The summed E-state index contributed by atoms with van der Waals surface area (Å²) in [6.45, 7) is 2.44. The van der Waals surface area contributed by atoms with Crippen LogP contribution < -0.4 is 10.0 Å². The first-order valence-corrected chi connectivity index (χ1v) is 8.80. The number of nitrogens with one attached hydrogen (secondary N) is 2. The van der Waals surface area contributed by atoms with Gasteiger partial charge >= 0.3 is 0 Å². The maximum atomic E-state index is 12.1. The summed E-state index contributed by atoms with van der Waals surface area (Å²) in [5.74, 6) is 0.556. The SMILES string of the molecule is O=S(=O)(NCCC1CCNC1)c1cc(Br)ccc1Cl. The van der Waals surface area contributed by atoms with Gasteiger partial charge in [-0.05, 0) is 50.0 Å². The normalized spacial score (nSPS) is 19.8. The van der Waals surface area contributed by atoms with E-state index >= 15 is 0 Å². The van der Waals surface area contributed by atoms with Crippen LogP contribution in [0, 0.1) is 5.92 Å². The zero-order valence-corrected chi connectivity index (χ0v) is 13.5. The van der Waals surface area contributed by atoms with Gasteiger partial charge in [-0.1, -0.05) is 27.5 Å². The molecule has 7 heteroatoms. The highest BCUT2D eigenvalue weighted by Gasteiger charge is 2.19. The molecule has 19 heavy (non-hydrogen) atoms. The Balaban J connectivity index is 1.99. The van der Waals surface area contributed by atoms with E-state index in [9.17, 15) is 8.42 Å². The van der Waals surface area contributed by atoms with Gasteiger partial charge in [0.25, 0.3) is 0 Å². The zero-order valence-electron chi connectivity index (χ0n) is 10.3. The van der Waals surface area contributed by atoms with Crippen molar-refractivity contribution in [3.63, 3.8) is 0 Å². The summed E-state index contributed by atoms with van der Waals surface area (Å²) in [5, 5.41) is 3.50. The van der Waals surface area contributed by atoms with Gasteiger partial charge in [0, 0.05) is 11.0 Å². The van der Waals surface area contributed by atoms with E-state index in [1.54, 1.807) is 12.1 Å². The van der Waals surface area contributed by atoms with Crippen molar-refractivity contribution in [2.45, 2.75) is 17.7 Å². The second kappa shape index (κ2) is 6.54. The Hall–Kier alpha value is -0.140. The maximum Gasteiger partial charge on any atom is 0.242 e. The molecule has 106 valence electrons. The van der Waals surface area contributed by atoms with Gasteiger partial charge in [0.15, 0.2) is 0 Å². The lowest BCUT2D eigenvalue weighted by molar-refractivity contribution is 0.519. The van der Waals surface area contributed by atoms with Crippen LogP contribution in [-0.4, -0.2) is 28.1 Å². The van der Waals surface area contributed by atoms with E-state index < -0.39 is 10.0 Å². The smallest absolute Gasteiger partial charge is 0.242 e. The highest BCUT2D eigenvalue weighted by atomic mass is 79.9. The summed E-state index contributed by atoms with van der Waals surface area (Å²) in [6, 6.07) is 4.80. The Morgan fingerprint density at radius 2 is 2.26 bits per heavy atom. The van der Waals surface area contributed by atoms with Crippen molar-refractivity contribution in [2.24, 2.45) is 5.92 Å². The van der Waals surface area contributed by atoms with E-state index in [0.717, 1.165) is 25.9 Å². The van der Waals surface area contributed by atoms with Gasteiger partial charge in [-0.3, -0.25) is 0 Å². The predicted molar refractivity (Wildman–Crippen MR) is 79.9 cm³/mol. The molecule has 0 radical (unpaired) electrons. The monoisotopic (exact) mass is 366 g/mol. The lowest BCUT2D eigenvalue weighted by atomic mass is 10.1. The molecule has 1 atom stereocenters. The van der Waals surface area contributed by atoms with Crippen LogP contribution in [-0.2, 0) is 10.0 Å². The number of hydrogen-bond donors (Lipinski definition) is 2. The standard InChI is InChI=1S/C12H16BrClN2O2S/c13-10-1-2-11(14)12(7-10)19(17,18)16-6-4-9-3-5-15-8-9/h1-2,7,9,15-16H,3-6,8H2. The van der Waals surface area contributed by atoms with Crippen LogP contribution in [0.15, 0.2) is 27.6 Å². The highest BCUT2D eigenvalue weighted by molar-refractivity contribution is 9.10. The fraction of sp³-hybridized carbons (Fsp3) is 0.500. The third-order valence-corrected chi connectivity index (χ3v) is 5.63. The van der Waals surface area contributed by atoms with Crippen LogP contribution >= 0.6 is 27.5 Å². The lowest BCUT2D eigenvalue weighted by Crippen LogP contribution is -2.27. The van der Waals surface area contributed by atoms with Gasteiger partial charge in [0.2, 0.25) is 10.0 Å². The molecule has 0 saturated carbocycles. The molecule has 2 rings (SSSR count). The number of sulfonamides is 1. The minimum absolute atomic E-state index is 0.119.